The molecule has 1 aromatic carbocycles. The Kier molecular flexibility index (Phi) is 4.11. The fourth-order valence-corrected chi connectivity index (χ4v) is 2.18. The summed E-state index contributed by atoms with van der Waals surface area (Å²) in [6, 6.07) is 6.76. The highest BCUT2D eigenvalue weighted by atomic mass is 35.5. The number of aryl methyl sites for hydroxylation is 1. The number of hydrogen-bond acceptors (Lipinski definition) is 1. The van der Waals surface area contributed by atoms with Gasteiger partial charge < -0.3 is 9.67 Å². The van der Waals surface area contributed by atoms with Crippen LogP contribution in [-0.4, -0.2) is 15.8 Å². The van der Waals surface area contributed by atoms with Gasteiger partial charge in [0.25, 0.3) is 0 Å². The van der Waals surface area contributed by atoms with E-state index in [-0.39, 0.29) is 5.56 Å². The lowest BCUT2D eigenvalue weighted by Gasteiger charge is -2.12. The first kappa shape index (κ1) is 14.9. The second kappa shape index (κ2) is 5.50. The number of alkyl halides is 3. The lowest BCUT2D eigenvalue weighted by atomic mass is 10.1. The van der Waals surface area contributed by atoms with Crippen LogP contribution in [0.25, 0.3) is 0 Å². The molecule has 1 aromatic heterocycles. The van der Waals surface area contributed by atoms with Crippen molar-refractivity contribution in [2.45, 2.75) is 25.7 Å². The normalized spacial score (nSPS) is 13.5. The van der Waals surface area contributed by atoms with Crippen LogP contribution in [0.3, 0.4) is 0 Å². The lowest BCUT2D eigenvalue weighted by molar-refractivity contribution is -0.206. The maximum Gasteiger partial charge on any atom is 0.418 e. The topological polar surface area (TPSA) is 25.2 Å². The summed E-state index contributed by atoms with van der Waals surface area (Å²) in [5.74, 6) is 0. The van der Waals surface area contributed by atoms with Gasteiger partial charge in [-0.3, -0.25) is 0 Å². The standard InChI is InChI=1S/C14H13ClF3NO/c1-9-2-3-10(12(15)6-9)7-19-5-4-11(8-19)13(20)14(16,17)18/h2-6,8,13,20H,7H2,1H3. The van der Waals surface area contributed by atoms with Crippen LogP contribution in [0.4, 0.5) is 13.2 Å². The lowest BCUT2D eigenvalue weighted by Crippen LogP contribution is -2.19. The predicted octanol–water partition coefficient (Wildman–Crippen LogP) is 4.09. The minimum atomic E-state index is -4.66. The molecule has 0 aliphatic rings. The van der Waals surface area contributed by atoms with E-state index in [0.717, 1.165) is 11.1 Å². The van der Waals surface area contributed by atoms with Crippen LogP contribution < -0.4 is 0 Å². The number of halogens is 4. The van der Waals surface area contributed by atoms with Crippen molar-refractivity contribution in [1.82, 2.24) is 4.57 Å². The van der Waals surface area contributed by atoms with E-state index >= 15 is 0 Å². The molecule has 0 radical (unpaired) electrons. The van der Waals surface area contributed by atoms with E-state index in [1.807, 2.05) is 19.1 Å². The van der Waals surface area contributed by atoms with Crippen molar-refractivity contribution in [3.63, 3.8) is 0 Å². The Morgan fingerprint density at radius 1 is 1.30 bits per heavy atom. The average molecular weight is 304 g/mol. The van der Waals surface area contributed by atoms with Crippen molar-refractivity contribution in [3.8, 4) is 0 Å². The molecule has 0 aliphatic heterocycles. The first-order valence-electron chi connectivity index (χ1n) is 5.93. The molecule has 0 fully saturated rings. The maximum atomic E-state index is 12.4. The molecule has 108 valence electrons. The first-order valence-corrected chi connectivity index (χ1v) is 6.30. The van der Waals surface area contributed by atoms with Crippen molar-refractivity contribution in [1.29, 1.82) is 0 Å². The number of nitrogens with zero attached hydrogens (tertiary/aromatic N) is 1. The van der Waals surface area contributed by atoms with Gasteiger partial charge in [0.15, 0.2) is 6.10 Å². The van der Waals surface area contributed by atoms with Crippen molar-refractivity contribution < 1.29 is 18.3 Å². The second-order valence-electron chi connectivity index (χ2n) is 4.66. The summed E-state index contributed by atoms with van der Waals surface area (Å²) >= 11 is 6.08. The summed E-state index contributed by atoms with van der Waals surface area (Å²) in [5.41, 5.74) is 1.64. The average Bonchev–Trinajstić information content (AvgIpc) is 2.79. The molecule has 6 heteroatoms. The number of aliphatic hydroxyl groups is 1. The van der Waals surface area contributed by atoms with Gasteiger partial charge in [0.2, 0.25) is 0 Å². The van der Waals surface area contributed by atoms with Crippen LogP contribution in [-0.2, 0) is 6.54 Å². The van der Waals surface area contributed by atoms with E-state index < -0.39 is 12.3 Å². The second-order valence-corrected chi connectivity index (χ2v) is 5.06. The zero-order chi connectivity index (χ0) is 14.9. The van der Waals surface area contributed by atoms with Gasteiger partial charge in [-0.1, -0.05) is 23.7 Å². The Morgan fingerprint density at radius 2 is 2.00 bits per heavy atom. The molecule has 2 aromatic rings. The number of rotatable bonds is 3. The van der Waals surface area contributed by atoms with Gasteiger partial charge >= 0.3 is 6.18 Å². The van der Waals surface area contributed by atoms with E-state index in [2.05, 4.69) is 0 Å². The van der Waals surface area contributed by atoms with Crippen LogP contribution in [0.2, 0.25) is 5.02 Å². The molecule has 2 nitrogen and oxygen atoms in total. The smallest absolute Gasteiger partial charge is 0.379 e. The maximum absolute atomic E-state index is 12.4. The van der Waals surface area contributed by atoms with Crippen molar-refractivity contribution >= 4 is 11.6 Å². The van der Waals surface area contributed by atoms with Gasteiger partial charge in [0.1, 0.15) is 0 Å². The van der Waals surface area contributed by atoms with Crippen molar-refractivity contribution in [3.05, 3.63) is 58.4 Å². The quantitative estimate of drug-likeness (QED) is 0.907. The molecule has 0 spiro atoms. The molecule has 2 rings (SSSR count). The van der Waals surface area contributed by atoms with Gasteiger partial charge in [-0.2, -0.15) is 13.2 Å². The Labute approximate surface area is 119 Å². The minimum Gasteiger partial charge on any atom is -0.379 e. The van der Waals surface area contributed by atoms with Crippen LogP contribution in [0, 0.1) is 6.92 Å². The van der Waals surface area contributed by atoms with Crippen LogP contribution in [0.15, 0.2) is 36.7 Å². The number of aromatic nitrogens is 1. The van der Waals surface area contributed by atoms with Gasteiger partial charge in [0, 0.05) is 29.5 Å². The highest BCUT2D eigenvalue weighted by molar-refractivity contribution is 6.31. The van der Waals surface area contributed by atoms with Gasteiger partial charge in [-0.05, 0) is 30.2 Å². The van der Waals surface area contributed by atoms with Crippen molar-refractivity contribution in [2.75, 3.05) is 0 Å². The van der Waals surface area contributed by atoms with E-state index in [1.165, 1.54) is 18.5 Å². The highest BCUT2D eigenvalue weighted by Crippen LogP contribution is 2.32. The number of hydrogen-bond donors (Lipinski definition) is 1. The Bertz CT molecular complexity index is 607. The molecule has 0 amide bonds. The molecule has 0 saturated heterocycles. The fourth-order valence-electron chi connectivity index (χ4n) is 1.89. The third-order valence-electron chi connectivity index (χ3n) is 2.96. The molecule has 1 atom stereocenters. The van der Waals surface area contributed by atoms with E-state index in [1.54, 1.807) is 10.6 Å². The largest absolute Gasteiger partial charge is 0.418 e. The zero-order valence-electron chi connectivity index (χ0n) is 10.7. The summed E-state index contributed by atoms with van der Waals surface area (Å²) < 4.78 is 38.8. The highest BCUT2D eigenvalue weighted by Gasteiger charge is 2.39. The summed E-state index contributed by atoms with van der Waals surface area (Å²) in [4.78, 5) is 0. The monoisotopic (exact) mass is 303 g/mol. The Hall–Kier alpha value is -1.46. The van der Waals surface area contributed by atoms with E-state index in [0.29, 0.717) is 11.6 Å². The molecular weight excluding hydrogens is 291 g/mol. The number of aliphatic hydroxyl groups excluding tert-OH is 1. The van der Waals surface area contributed by atoms with E-state index in [4.69, 9.17) is 16.7 Å². The molecule has 0 saturated carbocycles. The fraction of sp³-hybridized carbons (Fsp3) is 0.286. The molecule has 0 bridgehead atoms. The third kappa shape index (κ3) is 3.35. The Morgan fingerprint density at radius 3 is 2.60 bits per heavy atom. The molecule has 20 heavy (non-hydrogen) atoms. The first-order chi connectivity index (χ1) is 9.27. The summed E-state index contributed by atoms with van der Waals surface area (Å²) in [6.45, 7) is 2.26. The molecule has 1 heterocycles. The summed E-state index contributed by atoms with van der Waals surface area (Å²) in [6.07, 6.45) is -4.36. The molecule has 0 aliphatic carbocycles. The van der Waals surface area contributed by atoms with Crippen molar-refractivity contribution in [2.24, 2.45) is 0 Å². The van der Waals surface area contributed by atoms with Crippen LogP contribution >= 0.6 is 11.6 Å². The van der Waals surface area contributed by atoms with Gasteiger partial charge in [-0.25, -0.2) is 0 Å². The van der Waals surface area contributed by atoms with Gasteiger partial charge in [-0.15, -0.1) is 0 Å². The van der Waals surface area contributed by atoms with Crippen LogP contribution in [0.5, 0.6) is 0 Å². The van der Waals surface area contributed by atoms with Gasteiger partial charge in [0.05, 0.1) is 0 Å². The third-order valence-corrected chi connectivity index (χ3v) is 3.31. The summed E-state index contributed by atoms with van der Waals surface area (Å²) in [5, 5.41) is 9.73. The van der Waals surface area contributed by atoms with Crippen LogP contribution in [0.1, 0.15) is 22.8 Å². The molecule has 1 unspecified atom stereocenters. The zero-order valence-corrected chi connectivity index (χ0v) is 11.4. The Balaban J connectivity index is 2.18. The summed E-state index contributed by atoms with van der Waals surface area (Å²) in [7, 11) is 0. The minimum absolute atomic E-state index is 0.180. The number of benzene rings is 1. The van der Waals surface area contributed by atoms with E-state index in [9.17, 15) is 13.2 Å². The SMILES string of the molecule is Cc1ccc(Cn2ccc(C(O)C(F)(F)F)c2)c(Cl)c1. The predicted molar refractivity (Wildman–Crippen MR) is 70.7 cm³/mol. The molecule has 1 N–H and O–H groups in total. The molecular formula is C14H13ClF3NO.